The molecule has 1 aromatic rings. The average molecular weight is 181 g/mol. The molecule has 0 aliphatic rings. The minimum Gasteiger partial charge on any atom is -0.329 e. The fourth-order valence-corrected chi connectivity index (χ4v) is 1.41. The molecule has 0 amide bonds. The normalized spacial score (nSPS) is 14.5. The summed E-state index contributed by atoms with van der Waals surface area (Å²) in [5.74, 6) is 0. The molecule has 1 atom stereocenters. The summed E-state index contributed by atoms with van der Waals surface area (Å²) in [6.45, 7) is 8.51. The molecule has 0 radical (unpaired) electrons. The highest BCUT2D eigenvalue weighted by molar-refractivity contribution is 5.03. The second-order valence-corrected chi connectivity index (χ2v) is 4.61. The maximum Gasteiger partial charge on any atom is 0.0953 e. The van der Waals surface area contributed by atoms with E-state index in [1.165, 1.54) is 5.69 Å². The van der Waals surface area contributed by atoms with Gasteiger partial charge in [-0.15, -0.1) is 0 Å². The number of imidazole rings is 1. The van der Waals surface area contributed by atoms with Crippen LogP contribution >= 0.6 is 0 Å². The maximum atomic E-state index is 5.75. The highest BCUT2D eigenvalue weighted by Crippen LogP contribution is 2.16. The zero-order valence-corrected chi connectivity index (χ0v) is 8.91. The molecule has 1 aromatic heterocycles. The van der Waals surface area contributed by atoms with Gasteiger partial charge >= 0.3 is 0 Å². The van der Waals surface area contributed by atoms with Gasteiger partial charge in [0.15, 0.2) is 0 Å². The SMILES string of the molecule is CC(N)Cc1cncn1C(C)(C)C. The van der Waals surface area contributed by atoms with Crippen molar-refractivity contribution >= 4 is 0 Å². The Hall–Kier alpha value is -0.830. The molecule has 3 heteroatoms. The van der Waals surface area contributed by atoms with Crippen molar-refractivity contribution in [1.82, 2.24) is 9.55 Å². The third-order valence-electron chi connectivity index (χ3n) is 1.97. The number of aromatic nitrogens is 2. The molecule has 74 valence electrons. The minimum atomic E-state index is 0.0979. The highest BCUT2D eigenvalue weighted by atomic mass is 15.1. The molecule has 2 N–H and O–H groups in total. The van der Waals surface area contributed by atoms with Gasteiger partial charge in [0.25, 0.3) is 0 Å². The lowest BCUT2D eigenvalue weighted by Crippen LogP contribution is -2.26. The van der Waals surface area contributed by atoms with Crippen molar-refractivity contribution in [1.29, 1.82) is 0 Å². The van der Waals surface area contributed by atoms with E-state index in [1.807, 2.05) is 19.4 Å². The number of nitrogens with two attached hydrogens (primary N) is 1. The topological polar surface area (TPSA) is 43.8 Å². The first-order valence-corrected chi connectivity index (χ1v) is 4.68. The molecule has 0 aromatic carbocycles. The lowest BCUT2D eigenvalue weighted by atomic mass is 10.1. The molecule has 0 spiro atoms. The van der Waals surface area contributed by atoms with E-state index in [0.717, 1.165) is 6.42 Å². The fourth-order valence-electron chi connectivity index (χ4n) is 1.41. The van der Waals surface area contributed by atoms with E-state index in [4.69, 9.17) is 5.73 Å². The first kappa shape index (κ1) is 10.3. The van der Waals surface area contributed by atoms with Gasteiger partial charge in [0.1, 0.15) is 0 Å². The van der Waals surface area contributed by atoms with Crippen molar-refractivity contribution < 1.29 is 0 Å². The Bertz CT molecular complexity index is 268. The van der Waals surface area contributed by atoms with Gasteiger partial charge < -0.3 is 10.3 Å². The van der Waals surface area contributed by atoms with Crippen molar-refractivity contribution in [3.63, 3.8) is 0 Å². The Morgan fingerprint density at radius 3 is 2.62 bits per heavy atom. The number of hydrogen-bond acceptors (Lipinski definition) is 2. The third kappa shape index (κ3) is 2.56. The molecule has 0 bridgehead atoms. The van der Waals surface area contributed by atoms with Gasteiger partial charge in [-0.1, -0.05) is 0 Å². The second kappa shape index (κ2) is 3.50. The van der Waals surface area contributed by atoms with Crippen LogP contribution in [0.2, 0.25) is 0 Å². The Morgan fingerprint density at radius 1 is 1.54 bits per heavy atom. The van der Waals surface area contributed by atoms with Crippen LogP contribution in [-0.4, -0.2) is 15.6 Å². The Labute approximate surface area is 80.0 Å². The smallest absolute Gasteiger partial charge is 0.0953 e. The van der Waals surface area contributed by atoms with Gasteiger partial charge in [0, 0.05) is 29.9 Å². The summed E-state index contributed by atoms with van der Waals surface area (Å²) in [4.78, 5) is 4.15. The zero-order valence-electron chi connectivity index (χ0n) is 8.91. The van der Waals surface area contributed by atoms with Crippen molar-refractivity contribution in [2.24, 2.45) is 5.73 Å². The summed E-state index contributed by atoms with van der Waals surface area (Å²) < 4.78 is 2.18. The van der Waals surface area contributed by atoms with E-state index in [-0.39, 0.29) is 11.6 Å². The summed E-state index contributed by atoms with van der Waals surface area (Å²) >= 11 is 0. The van der Waals surface area contributed by atoms with E-state index in [0.29, 0.717) is 0 Å². The van der Waals surface area contributed by atoms with Crippen LogP contribution in [0.3, 0.4) is 0 Å². The predicted molar refractivity (Wildman–Crippen MR) is 54.6 cm³/mol. The molecule has 0 aliphatic heterocycles. The summed E-state index contributed by atoms with van der Waals surface area (Å²) in [6.07, 6.45) is 4.66. The Kier molecular flexibility index (Phi) is 2.76. The van der Waals surface area contributed by atoms with Crippen LogP contribution in [0.5, 0.6) is 0 Å². The predicted octanol–water partition coefficient (Wildman–Crippen LogP) is 1.53. The van der Waals surface area contributed by atoms with Crippen LogP contribution in [-0.2, 0) is 12.0 Å². The number of rotatable bonds is 2. The average Bonchev–Trinajstić information content (AvgIpc) is 2.31. The number of nitrogens with zero attached hydrogens (tertiary/aromatic N) is 2. The van der Waals surface area contributed by atoms with Crippen LogP contribution in [0.25, 0.3) is 0 Å². The third-order valence-corrected chi connectivity index (χ3v) is 1.97. The quantitative estimate of drug-likeness (QED) is 0.752. The van der Waals surface area contributed by atoms with E-state index in [1.54, 1.807) is 0 Å². The maximum absolute atomic E-state index is 5.75. The van der Waals surface area contributed by atoms with Gasteiger partial charge in [-0.25, -0.2) is 4.98 Å². The molecular formula is C10H19N3. The molecule has 13 heavy (non-hydrogen) atoms. The van der Waals surface area contributed by atoms with Gasteiger partial charge in [0.05, 0.1) is 6.33 Å². The van der Waals surface area contributed by atoms with Crippen LogP contribution in [0.1, 0.15) is 33.4 Å². The van der Waals surface area contributed by atoms with E-state index >= 15 is 0 Å². The molecule has 1 heterocycles. The molecule has 1 unspecified atom stereocenters. The monoisotopic (exact) mass is 181 g/mol. The van der Waals surface area contributed by atoms with Crippen molar-refractivity contribution in [2.45, 2.75) is 45.7 Å². The molecule has 3 nitrogen and oxygen atoms in total. The van der Waals surface area contributed by atoms with E-state index < -0.39 is 0 Å². The summed E-state index contributed by atoms with van der Waals surface area (Å²) in [7, 11) is 0. The Balaban J connectivity index is 2.90. The minimum absolute atomic E-state index is 0.0979. The van der Waals surface area contributed by atoms with Gasteiger partial charge in [0.2, 0.25) is 0 Å². The largest absolute Gasteiger partial charge is 0.329 e. The number of hydrogen-bond donors (Lipinski definition) is 1. The molecule has 0 fully saturated rings. The van der Waals surface area contributed by atoms with Crippen molar-refractivity contribution in [2.75, 3.05) is 0 Å². The summed E-state index contributed by atoms with van der Waals surface area (Å²) in [6, 6.07) is 0.192. The second-order valence-electron chi connectivity index (χ2n) is 4.61. The van der Waals surface area contributed by atoms with Gasteiger partial charge in [-0.2, -0.15) is 0 Å². The molecule has 1 rings (SSSR count). The molecule has 0 saturated carbocycles. The van der Waals surface area contributed by atoms with Crippen LogP contribution < -0.4 is 5.73 Å². The van der Waals surface area contributed by atoms with Gasteiger partial charge in [-0.3, -0.25) is 0 Å². The molecule has 0 saturated heterocycles. The lowest BCUT2D eigenvalue weighted by molar-refractivity contribution is 0.381. The lowest BCUT2D eigenvalue weighted by Gasteiger charge is -2.24. The first-order valence-electron chi connectivity index (χ1n) is 4.68. The first-order chi connectivity index (χ1) is 5.91. The molecular weight excluding hydrogens is 162 g/mol. The molecule has 0 aliphatic carbocycles. The van der Waals surface area contributed by atoms with Crippen LogP contribution in [0.15, 0.2) is 12.5 Å². The Morgan fingerprint density at radius 2 is 2.15 bits per heavy atom. The van der Waals surface area contributed by atoms with Crippen LogP contribution in [0, 0.1) is 0 Å². The summed E-state index contributed by atoms with van der Waals surface area (Å²) in [5, 5.41) is 0. The van der Waals surface area contributed by atoms with Crippen molar-refractivity contribution in [3.8, 4) is 0 Å². The van der Waals surface area contributed by atoms with Gasteiger partial charge in [-0.05, 0) is 27.7 Å². The van der Waals surface area contributed by atoms with Crippen molar-refractivity contribution in [3.05, 3.63) is 18.2 Å². The van der Waals surface area contributed by atoms with E-state index in [2.05, 4.69) is 30.3 Å². The zero-order chi connectivity index (χ0) is 10.1. The fraction of sp³-hybridized carbons (Fsp3) is 0.700. The van der Waals surface area contributed by atoms with E-state index in [9.17, 15) is 0 Å². The van der Waals surface area contributed by atoms with Crippen LogP contribution in [0.4, 0.5) is 0 Å². The summed E-state index contributed by atoms with van der Waals surface area (Å²) in [5.41, 5.74) is 7.06. The standard InChI is InChI=1S/C10H19N3/c1-8(11)5-9-6-12-7-13(9)10(2,3)4/h6-8H,5,11H2,1-4H3. The highest BCUT2D eigenvalue weighted by Gasteiger charge is 2.16.